The molecule has 3 heterocycles. The second-order valence-electron chi connectivity index (χ2n) is 9.80. The Kier molecular flexibility index (Phi) is 7.73. The fourth-order valence-corrected chi connectivity index (χ4v) is 4.43. The van der Waals surface area contributed by atoms with Crippen molar-refractivity contribution in [3.8, 4) is 11.5 Å². The summed E-state index contributed by atoms with van der Waals surface area (Å²) in [5, 5.41) is 15.1. The Balaban J connectivity index is 1.24. The van der Waals surface area contributed by atoms with Crippen molar-refractivity contribution in [2.45, 2.75) is 20.4 Å². The van der Waals surface area contributed by atoms with Gasteiger partial charge in [-0.3, -0.25) is 15.0 Å². The van der Waals surface area contributed by atoms with Crippen molar-refractivity contribution in [1.29, 1.82) is 0 Å². The number of anilines is 3. The summed E-state index contributed by atoms with van der Waals surface area (Å²) >= 11 is 0. The molecule has 0 unspecified atom stereocenters. The zero-order valence-corrected chi connectivity index (χ0v) is 21.8. The van der Waals surface area contributed by atoms with Gasteiger partial charge in [-0.15, -0.1) is 0 Å². The lowest BCUT2D eigenvalue weighted by Crippen LogP contribution is -2.46. The van der Waals surface area contributed by atoms with Gasteiger partial charge in [-0.1, -0.05) is 19.9 Å². The number of carbonyl (C=O) groups excluding carboxylic acids is 1. The summed E-state index contributed by atoms with van der Waals surface area (Å²) in [4.78, 5) is 36.4. The summed E-state index contributed by atoms with van der Waals surface area (Å²) in [6, 6.07) is 12.5. The van der Waals surface area contributed by atoms with Crippen molar-refractivity contribution < 1.29 is 23.9 Å². The van der Waals surface area contributed by atoms with Crippen molar-refractivity contribution in [2.24, 2.45) is 5.92 Å². The van der Waals surface area contributed by atoms with E-state index in [-0.39, 0.29) is 30.0 Å². The number of ether oxygens (including phenoxy) is 3. The minimum absolute atomic E-state index is 0.0860. The number of nitro groups is 1. The van der Waals surface area contributed by atoms with Crippen LogP contribution in [0.1, 0.15) is 29.8 Å². The number of esters is 1. The Hall–Kier alpha value is -4.45. The van der Waals surface area contributed by atoms with Crippen LogP contribution in [-0.4, -0.2) is 65.3 Å². The minimum Gasteiger partial charge on any atom is -0.462 e. The molecule has 1 aromatic heterocycles. The molecule has 2 aromatic carbocycles. The maximum Gasteiger partial charge on any atom is 0.353 e. The van der Waals surface area contributed by atoms with Crippen LogP contribution < -0.4 is 19.7 Å². The monoisotopic (exact) mass is 534 g/mol. The van der Waals surface area contributed by atoms with Crippen LogP contribution >= 0.6 is 0 Å². The third kappa shape index (κ3) is 6.17. The molecule has 2 aliphatic rings. The second kappa shape index (κ2) is 11.5. The quantitative estimate of drug-likeness (QED) is 0.243. The number of rotatable bonds is 9. The summed E-state index contributed by atoms with van der Waals surface area (Å²) in [6.45, 7) is 7.83. The van der Waals surface area contributed by atoms with Gasteiger partial charge in [0.25, 0.3) is 0 Å². The van der Waals surface area contributed by atoms with Crippen LogP contribution in [0.15, 0.2) is 48.8 Å². The van der Waals surface area contributed by atoms with E-state index >= 15 is 0 Å². The predicted molar refractivity (Wildman–Crippen MR) is 144 cm³/mol. The van der Waals surface area contributed by atoms with Crippen LogP contribution in [0, 0.1) is 16.0 Å². The fraction of sp³-hybridized carbons (Fsp3) is 0.370. The molecule has 0 amide bonds. The Morgan fingerprint density at radius 3 is 2.54 bits per heavy atom. The van der Waals surface area contributed by atoms with Crippen molar-refractivity contribution in [1.82, 2.24) is 14.9 Å². The Bertz CT molecular complexity index is 1340. The number of hydrogen-bond donors (Lipinski definition) is 1. The van der Waals surface area contributed by atoms with Gasteiger partial charge in [0.2, 0.25) is 18.4 Å². The average molecular weight is 535 g/mol. The molecule has 1 saturated heterocycles. The molecule has 12 heteroatoms. The van der Waals surface area contributed by atoms with Crippen molar-refractivity contribution in [3.05, 3.63) is 70.0 Å². The molecule has 12 nitrogen and oxygen atoms in total. The van der Waals surface area contributed by atoms with Crippen LogP contribution in [-0.2, 0) is 11.3 Å². The third-order valence-electron chi connectivity index (χ3n) is 6.43. The number of benzene rings is 2. The molecule has 5 rings (SSSR count). The van der Waals surface area contributed by atoms with Gasteiger partial charge >= 0.3 is 11.7 Å². The molecule has 0 spiro atoms. The van der Waals surface area contributed by atoms with Crippen molar-refractivity contribution >= 4 is 29.0 Å². The van der Waals surface area contributed by atoms with Gasteiger partial charge in [0.15, 0.2) is 11.5 Å². The number of piperazine rings is 1. The number of aromatic nitrogens is 2. The summed E-state index contributed by atoms with van der Waals surface area (Å²) in [5.74, 6) is 1.69. The van der Waals surface area contributed by atoms with Gasteiger partial charge in [0.05, 0.1) is 17.1 Å². The van der Waals surface area contributed by atoms with E-state index in [0.29, 0.717) is 44.0 Å². The van der Waals surface area contributed by atoms with E-state index in [9.17, 15) is 14.9 Å². The standard InChI is InChI=1S/C27H30N6O6/c1-18(2)15-37-27(34)20-4-6-21(7-5-20)30-25-24(33(35)36)26(29-16-28-25)32-11-9-31(10-12-32)14-19-3-8-22-23(13-19)39-17-38-22/h3-8,13,16,18H,9-12,14-15,17H2,1-2H3,(H,28,29,30). The lowest BCUT2D eigenvalue weighted by atomic mass is 10.1. The molecule has 0 saturated carbocycles. The van der Waals surface area contributed by atoms with Gasteiger partial charge in [-0.05, 0) is 47.9 Å². The number of carbonyl (C=O) groups is 1. The van der Waals surface area contributed by atoms with E-state index in [0.717, 1.165) is 23.6 Å². The van der Waals surface area contributed by atoms with Gasteiger partial charge in [-0.25, -0.2) is 14.8 Å². The highest BCUT2D eigenvalue weighted by atomic mass is 16.7. The molecule has 1 fully saturated rings. The van der Waals surface area contributed by atoms with Crippen LogP contribution in [0.4, 0.5) is 23.0 Å². The molecule has 2 aliphatic heterocycles. The van der Waals surface area contributed by atoms with Gasteiger partial charge in [-0.2, -0.15) is 0 Å². The number of hydrogen-bond acceptors (Lipinski definition) is 11. The lowest BCUT2D eigenvalue weighted by molar-refractivity contribution is -0.383. The van der Waals surface area contributed by atoms with Crippen LogP contribution in [0.5, 0.6) is 11.5 Å². The van der Waals surface area contributed by atoms with Crippen LogP contribution in [0.25, 0.3) is 0 Å². The van der Waals surface area contributed by atoms with E-state index in [2.05, 4.69) is 20.2 Å². The first kappa shape index (κ1) is 26.2. The molecule has 1 N–H and O–H groups in total. The van der Waals surface area contributed by atoms with Gasteiger partial charge in [0, 0.05) is 38.4 Å². The number of nitrogens with one attached hydrogen (secondary N) is 1. The van der Waals surface area contributed by atoms with E-state index in [1.54, 1.807) is 24.3 Å². The fourth-order valence-electron chi connectivity index (χ4n) is 4.43. The first-order chi connectivity index (χ1) is 18.9. The first-order valence-electron chi connectivity index (χ1n) is 12.8. The van der Waals surface area contributed by atoms with Crippen molar-refractivity contribution in [3.63, 3.8) is 0 Å². The van der Waals surface area contributed by atoms with Crippen LogP contribution in [0.2, 0.25) is 0 Å². The lowest BCUT2D eigenvalue weighted by Gasteiger charge is -2.35. The zero-order valence-electron chi connectivity index (χ0n) is 21.8. The molecule has 0 bridgehead atoms. The number of fused-ring (bicyclic) bond motifs is 1. The summed E-state index contributed by atoms with van der Waals surface area (Å²) in [5.41, 5.74) is 1.88. The number of nitrogens with zero attached hydrogens (tertiary/aromatic N) is 5. The summed E-state index contributed by atoms with van der Waals surface area (Å²) in [6.07, 6.45) is 1.32. The summed E-state index contributed by atoms with van der Waals surface area (Å²) in [7, 11) is 0. The van der Waals surface area contributed by atoms with Gasteiger partial charge < -0.3 is 24.4 Å². The highest BCUT2D eigenvalue weighted by molar-refractivity contribution is 5.90. The van der Waals surface area contributed by atoms with E-state index in [1.807, 2.05) is 36.9 Å². The normalized spacial score (nSPS) is 14.9. The molecule has 0 aliphatic carbocycles. The SMILES string of the molecule is CC(C)COC(=O)c1ccc(Nc2ncnc(N3CCN(Cc4ccc5c(c4)OCO5)CC3)c2[N+](=O)[O-])cc1. The molecular formula is C27H30N6O6. The second-order valence-corrected chi connectivity index (χ2v) is 9.80. The Morgan fingerprint density at radius 2 is 1.82 bits per heavy atom. The van der Waals surface area contributed by atoms with Crippen molar-refractivity contribution in [2.75, 3.05) is 49.8 Å². The molecule has 0 atom stereocenters. The average Bonchev–Trinajstić information content (AvgIpc) is 3.40. The largest absolute Gasteiger partial charge is 0.462 e. The smallest absolute Gasteiger partial charge is 0.353 e. The zero-order chi connectivity index (χ0) is 27.4. The molecule has 0 radical (unpaired) electrons. The highest BCUT2D eigenvalue weighted by Gasteiger charge is 2.29. The van der Waals surface area contributed by atoms with Gasteiger partial charge in [0.1, 0.15) is 6.33 Å². The Morgan fingerprint density at radius 1 is 1.08 bits per heavy atom. The topological polar surface area (TPSA) is 132 Å². The maximum atomic E-state index is 12.2. The van der Waals surface area contributed by atoms with Crippen LogP contribution in [0.3, 0.4) is 0 Å². The van der Waals surface area contributed by atoms with E-state index < -0.39 is 10.9 Å². The molecule has 3 aromatic rings. The minimum atomic E-state index is -0.464. The van der Waals surface area contributed by atoms with E-state index in [1.165, 1.54) is 6.33 Å². The predicted octanol–water partition coefficient (Wildman–Crippen LogP) is 3.99. The highest BCUT2D eigenvalue weighted by Crippen LogP contribution is 2.35. The maximum absolute atomic E-state index is 12.2. The molecular weight excluding hydrogens is 504 g/mol. The Labute approximate surface area is 225 Å². The summed E-state index contributed by atoms with van der Waals surface area (Å²) < 4.78 is 16.1. The molecule has 39 heavy (non-hydrogen) atoms. The molecule has 204 valence electrons. The van der Waals surface area contributed by atoms with E-state index in [4.69, 9.17) is 14.2 Å². The third-order valence-corrected chi connectivity index (χ3v) is 6.43. The first-order valence-corrected chi connectivity index (χ1v) is 12.8.